The van der Waals surface area contributed by atoms with Gasteiger partial charge in [-0.05, 0) is 99.2 Å². The molecule has 7 atom stereocenters. The van der Waals surface area contributed by atoms with Crippen LogP contribution in [-0.4, -0.2) is 11.2 Å². The Morgan fingerprint density at radius 2 is 1.96 bits per heavy atom. The molecule has 0 saturated heterocycles. The molecule has 7 unspecified atom stereocenters. The molecule has 0 heterocycles. The van der Waals surface area contributed by atoms with Gasteiger partial charge >= 0.3 is 0 Å². The smallest absolute Gasteiger partial charge is 0.0577 e. The van der Waals surface area contributed by atoms with E-state index in [1.807, 2.05) is 0 Å². The van der Waals surface area contributed by atoms with Crippen molar-refractivity contribution in [1.29, 1.82) is 0 Å². The molecular weight excluding hydrogens is 316 g/mol. The first-order valence-corrected chi connectivity index (χ1v) is 11.4. The largest absolute Gasteiger partial charge is 0.393 e. The molecule has 0 aromatic carbocycles. The first-order valence-electron chi connectivity index (χ1n) is 11.4. The first-order chi connectivity index (χ1) is 12.4. The lowest BCUT2D eigenvalue weighted by Crippen LogP contribution is -2.50. The number of aliphatic hydroxyl groups excluding tert-OH is 1. The lowest BCUT2D eigenvalue weighted by atomic mass is 9.47. The highest BCUT2D eigenvalue weighted by Gasteiger charge is 2.58. The third kappa shape index (κ3) is 2.76. The topological polar surface area (TPSA) is 20.2 Å². The number of aliphatic hydroxyl groups is 1. The minimum absolute atomic E-state index is 0.0815. The summed E-state index contributed by atoms with van der Waals surface area (Å²) in [5.74, 6) is 3.50. The zero-order valence-corrected chi connectivity index (χ0v) is 17.6. The third-order valence-electron chi connectivity index (χ3n) is 9.38. The zero-order valence-electron chi connectivity index (χ0n) is 17.6. The second-order valence-corrected chi connectivity index (χ2v) is 10.6. The number of hydrogen-bond acceptors (Lipinski definition) is 1. The molecule has 0 amide bonds. The quantitative estimate of drug-likeness (QED) is 0.560. The second kappa shape index (κ2) is 6.80. The van der Waals surface area contributed by atoms with Crippen LogP contribution in [0.5, 0.6) is 0 Å². The van der Waals surface area contributed by atoms with Crippen LogP contribution >= 0.6 is 0 Å². The molecule has 0 bridgehead atoms. The van der Waals surface area contributed by atoms with Gasteiger partial charge in [-0.25, -0.2) is 0 Å². The summed E-state index contributed by atoms with van der Waals surface area (Å²) in [6, 6.07) is 0. The van der Waals surface area contributed by atoms with Crippen LogP contribution in [0.25, 0.3) is 0 Å². The maximum absolute atomic E-state index is 10.2. The molecule has 1 heteroatoms. The lowest BCUT2D eigenvalue weighted by molar-refractivity contribution is -0.0454. The van der Waals surface area contributed by atoms with Crippen LogP contribution in [0, 0.1) is 34.5 Å². The monoisotopic (exact) mass is 356 g/mol. The van der Waals surface area contributed by atoms with Gasteiger partial charge in [-0.2, -0.15) is 0 Å². The van der Waals surface area contributed by atoms with Gasteiger partial charge in [0.25, 0.3) is 0 Å². The summed E-state index contributed by atoms with van der Waals surface area (Å²) >= 11 is 0. The van der Waals surface area contributed by atoms with Crippen molar-refractivity contribution >= 4 is 0 Å². The Balaban J connectivity index is 1.60. The van der Waals surface area contributed by atoms with Crippen LogP contribution in [-0.2, 0) is 0 Å². The Hall–Kier alpha value is -0.560. The number of rotatable bonds is 3. The van der Waals surface area contributed by atoms with Crippen molar-refractivity contribution in [2.24, 2.45) is 34.5 Å². The Bertz CT molecular complexity index is 601. The van der Waals surface area contributed by atoms with Crippen molar-refractivity contribution < 1.29 is 5.11 Å². The molecule has 4 aliphatic rings. The fourth-order valence-corrected chi connectivity index (χ4v) is 7.90. The molecule has 4 aliphatic carbocycles. The van der Waals surface area contributed by atoms with E-state index in [1.165, 1.54) is 51.4 Å². The van der Waals surface area contributed by atoms with E-state index in [9.17, 15) is 5.11 Å². The van der Waals surface area contributed by atoms with Gasteiger partial charge in [0.15, 0.2) is 0 Å². The van der Waals surface area contributed by atoms with Crippen molar-refractivity contribution in [2.45, 2.75) is 98.0 Å². The highest BCUT2D eigenvalue weighted by Crippen LogP contribution is 2.67. The van der Waals surface area contributed by atoms with Gasteiger partial charge in [-0.1, -0.05) is 50.5 Å². The van der Waals surface area contributed by atoms with Gasteiger partial charge in [0.1, 0.15) is 0 Å². The molecule has 0 aromatic heterocycles. The zero-order chi connectivity index (χ0) is 18.5. The van der Waals surface area contributed by atoms with E-state index in [-0.39, 0.29) is 6.10 Å². The van der Waals surface area contributed by atoms with E-state index in [4.69, 9.17) is 0 Å². The molecule has 0 aromatic rings. The highest BCUT2D eigenvalue weighted by atomic mass is 16.3. The second-order valence-electron chi connectivity index (χ2n) is 10.6. The highest BCUT2D eigenvalue weighted by molar-refractivity contribution is 5.26. The predicted octanol–water partition coefficient (Wildman–Crippen LogP) is 6.67. The fourth-order valence-electron chi connectivity index (χ4n) is 7.90. The normalized spacial score (nSPS) is 48.4. The Morgan fingerprint density at radius 3 is 2.73 bits per heavy atom. The molecule has 1 N–H and O–H groups in total. The summed E-state index contributed by atoms with van der Waals surface area (Å²) < 4.78 is 0. The number of unbranched alkanes of at least 4 members (excludes halogenated alkanes) is 1. The molecule has 0 radical (unpaired) electrons. The van der Waals surface area contributed by atoms with Gasteiger partial charge in [-0.3, -0.25) is 0 Å². The van der Waals surface area contributed by atoms with Crippen LogP contribution in [0.15, 0.2) is 23.3 Å². The molecule has 3 fully saturated rings. The van der Waals surface area contributed by atoms with Gasteiger partial charge < -0.3 is 5.11 Å². The van der Waals surface area contributed by atoms with E-state index in [1.54, 1.807) is 11.1 Å². The average molecular weight is 357 g/mol. The SMILES string of the molecule is CCC/C=C(\C)C1CCC2C3CC=C4CC(O)CCC4(C)C3CCC12C. The summed E-state index contributed by atoms with van der Waals surface area (Å²) in [5, 5.41) is 10.2. The van der Waals surface area contributed by atoms with Crippen molar-refractivity contribution in [3.8, 4) is 0 Å². The van der Waals surface area contributed by atoms with Crippen molar-refractivity contribution in [1.82, 2.24) is 0 Å². The van der Waals surface area contributed by atoms with Crippen LogP contribution in [0.3, 0.4) is 0 Å². The minimum Gasteiger partial charge on any atom is -0.393 e. The molecular formula is C25H40O. The molecule has 1 nitrogen and oxygen atoms in total. The molecule has 0 aliphatic heterocycles. The van der Waals surface area contributed by atoms with Crippen LogP contribution in [0.1, 0.15) is 91.9 Å². The predicted molar refractivity (Wildman–Crippen MR) is 110 cm³/mol. The molecule has 4 rings (SSSR count). The Kier molecular flexibility index (Phi) is 4.91. The number of hydrogen-bond donors (Lipinski definition) is 1. The molecule has 26 heavy (non-hydrogen) atoms. The molecule has 146 valence electrons. The first kappa shape index (κ1) is 18.8. The van der Waals surface area contributed by atoms with Crippen molar-refractivity contribution in [3.63, 3.8) is 0 Å². The number of fused-ring (bicyclic) bond motifs is 5. The summed E-state index contributed by atoms with van der Waals surface area (Å²) in [6.45, 7) is 9.90. The third-order valence-corrected chi connectivity index (χ3v) is 9.38. The maximum Gasteiger partial charge on any atom is 0.0577 e. The summed E-state index contributed by atoms with van der Waals surface area (Å²) in [7, 11) is 0. The molecule has 3 saturated carbocycles. The van der Waals surface area contributed by atoms with E-state index >= 15 is 0 Å². The van der Waals surface area contributed by atoms with E-state index < -0.39 is 0 Å². The minimum atomic E-state index is -0.0815. The Morgan fingerprint density at radius 1 is 1.15 bits per heavy atom. The Labute approximate surface area is 161 Å². The van der Waals surface area contributed by atoms with Crippen molar-refractivity contribution in [3.05, 3.63) is 23.3 Å². The van der Waals surface area contributed by atoms with Crippen LogP contribution in [0.4, 0.5) is 0 Å². The van der Waals surface area contributed by atoms with E-state index in [2.05, 4.69) is 39.8 Å². The van der Waals surface area contributed by atoms with Gasteiger partial charge in [-0.15, -0.1) is 0 Å². The maximum atomic E-state index is 10.2. The summed E-state index contributed by atoms with van der Waals surface area (Å²) in [4.78, 5) is 0. The molecule has 0 spiro atoms. The fraction of sp³-hybridized carbons (Fsp3) is 0.840. The van der Waals surface area contributed by atoms with Gasteiger partial charge in [0.2, 0.25) is 0 Å². The van der Waals surface area contributed by atoms with Gasteiger partial charge in [0.05, 0.1) is 6.10 Å². The van der Waals surface area contributed by atoms with Gasteiger partial charge in [0, 0.05) is 0 Å². The lowest BCUT2D eigenvalue weighted by Gasteiger charge is -2.58. The summed E-state index contributed by atoms with van der Waals surface area (Å²) in [5.41, 5.74) is 4.21. The van der Waals surface area contributed by atoms with Crippen LogP contribution < -0.4 is 0 Å². The average Bonchev–Trinajstić information content (AvgIpc) is 2.97. The van der Waals surface area contributed by atoms with E-state index in [0.29, 0.717) is 10.8 Å². The van der Waals surface area contributed by atoms with Crippen molar-refractivity contribution in [2.75, 3.05) is 0 Å². The number of allylic oxidation sites excluding steroid dienone is 3. The van der Waals surface area contributed by atoms with Crippen LogP contribution in [0.2, 0.25) is 0 Å². The standard InChI is InChI=1S/C25H40O/c1-5-6-7-17(2)21-10-11-22-20-9-8-18-16-19(26)12-14-24(18,3)23(20)13-15-25(21,22)4/h7-8,19-23,26H,5-6,9-16H2,1-4H3/b17-7+. The summed E-state index contributed by atoms with van der Waals surface area (Å²) in [6.07, 6.45) is 17.7. The van der Waals surface area contributed by atoms with E-state index in [0.717, 1.165) is 36.5 Å².